The van der Waals surface area contributed by atoms with Gasteiger partial charge in [0.15, 0.2) is 6.10 Å². The Labute approximate surface area is 230 Å². The Morgan fingerprint density at radius 3 is 2.45 bits per heavy atom. The van der Waals surface area contributed by atoms with Crippen LogP contribution in [0.15, 0.2) is 72.9 Å². The molecule has 4 aromatic rings. The molecule has 9 heteroatoms. The fourth-order valence-corrected chi connectivity index (χ4v) is 4.95. The molecule has 208 valence electrons. The number of halogens is 3. The Bertz CT molecular complexity index is 1540. The molecule has 1 aromatic heterocycles. The zero-order valence-electron chi connectivity index (χ0n) is 22.3. The van der Waals surface area contributed by atoms with E-state index in [1.165, 1.54) is 10.7 Å². The number of carbonyl (C=O) groups is 1. The first-order valence-corrected chi connectivity index (χ1v) is 12.9. The van der Waals surface area contributed by atoms with Gasteiger partial charge in [0.05, 0.1) is 29.2 Å². The molecule has 2 heterocycles. The summed E-state index contributed by atoms with van der Waals surface area (Å²) < 4.78 is 56.6. The number of ether oxygens (including phenoxy) is 2. The van der Waals surface area contributed by atoms with Crippen molar-refractivity contribution in [2.45, 2.75) is 51.5 Å². The molecule has 5 rings (SSSR count). The van der Waals surface area contributed by atoms with Gasteiger partial charge in [-0.25, -0.2) is 9.48 Å². The van der Waals surface area contributed by atoms with Gasteiger partial charge in [-0.3, -0.25) is 0 Å². The van der Waals surface area contributed by atoms with Crippen LogP contribution in [0.25, 0.3) is 28.1 Å². The van der Waals surface area contributed by atoms with E-state index < -0.39 is 35.0 Å². The molecule has 1 aliphatic heterocycles. The van der Waals surface area contributed by atoms with Crippen LogP contribution in [0.3, 0.4) is 0 Å². The number of hydrogen-bond acceptors (Lipinski definition) is 4. The van der Waals surface area contributed by atoms with Crippen molar-refractivity contribution in [3.63, 3.8) is 0 Å². The van der Waals surface area contributed by atoms with Gasteiger partial charge in [0, 0.05) is 22.9 Å². The Balaban J connectivity index is 1.82. The lowest BCUT2D eigenvalue weighted by Gasteiger charge is -2.30. The van der Waals surface area contributed by atoms with Crippen LogP contribution in [0, 0.1) is 0 Å². The molecule has 1 aliphatic rings. The van der Waals surface area contributed by atoms with Crippen LogP contribution < -0.4 is 4.74 Å². The van der Waals surface area contributed by atoms with Crippen LogP contribution in [0.1, 0.15) is 50.0 Å². The third kappa shape index (κ3) is 5.60. The van der Waals surface area contributed by atoms with Crippen molar-refractivity contribution in [1.29, 1.82) is 0 Å². The van der Waals surface area contributed by atoms with Gasteiger partial charge in [-0.15, -0.1) is 0 Å². The Kier molecular flexibility index (Phi) is 7.18. The molecular formula is C31H29F3N2O4. The molecule has 40 heavy (non-hydrogen) atoms. The maximum absolute atomic E-state index is 14.5. The van der Waals surface area contributed by atoms with Gasteiger partial charge in [0.25, 0.3) is 0 Å². The number of hydrogen-bond donors (Lipinski definition) is 1. The number of nitrogens with zero attached hydrogens (tertiary/aromatic N) is 2. The van der Waals surface area contributed by atoms with Gasteiger partial charge in [-0.05, 0) is 75.1 Å². The lowest BCUT2D eigenvalue weighted by Crippen LogP contribution is -2.30. The second kappa shape index (κ2) is 10.5. The number of fused-ring (bicyclic) bond motifs is 1. The third-order valence-corrected chi connectivity index (χ3v) is 6.59. The van der Waals surface area contributed by atoms with E-state index in [4.69, 9.17) is 9.47 Å². The molecule has 0 spiro atoms. The van der Waals surface area contributed by atoms with E-state index in [0.29, 0.717) is 35.7 Å². The van der Waals surface area contributed by atoms with Crippen molar-refractivity contribution >= 4 is 5.97 Å². The first-order chi connectivity index (χ1) is 18.9. The van der Waals surface area contributed by atoms with E-state index in [0.717, 1.165) is 23.6 Å². The van der Waals surface area contributed by atoms with Gasteiger partial charge in [-0.2, -0.15) is 18.3 Å². The Morgan fingerprint density at radius 1 is 1.02 bits per heavy atom. The second-order valence-corrected chi connectivity index (χ2v) is 10.7. The van der Waals surface area contributed by atoms with Crippen LogP contribution in [-0.4, -0.2) is 33.1 Å². The summed E-state index contributed by atoms with van der Waals surface area (Å²) in [5.74, 6) is -0.859. The summed E-state index contributed by atoms with van der Waals surface area (Å²) in [6.45, 7) is 5.38. The van der Waals surface area contributed by atoms with E-state index in [1.807, 2.05) is 30.3 Å². The SMILES string of the molecule is CC(C)(C)OC(C(=O)O)c1c(C(F)(F)F)ccc(-n2ccc(-c3ccccc3)n2)c1-c1ccc2c(c1)CCCO2. The lowest BCUT2D eigenvalue weighted by atomic mass is 9.88. The highest BCUT2D eigenvalue weighted by atomic mass is 19.4. The summed E-state index contributed by atoms with van der Waals surface area (Å²) in [4.78, 5) is 12.6. The van der Waals surface area contributed by atoms with Crippen LogP contribution in [-0.2, 0) is 22.1 Å². The molecule has 0 bridgehead atoms. The minimum Gasteiger partial charge on any atom is -0.493 e. The zero-order chi connectivity index (χ0) is 28.7. The van der Waals surface area contributed by atoms with Crippen molar-refractivity contribution in [1.82, 2.24) is 9.78 Å². The number of alkyl halides is 3. The number of rotatable bonds is 6. The van der Waals surface area contributed by atoms with E-state index >= 15 is 0 Å². The Hall–Kier alpha value is -4.11. The van der Waals surface area contributed by atoms with Gasteiger partial charge in [0.2, 0.25) is 0 Å². The Morgan fingerprint density at radius 2 is 1.77 bits per heavy atom. The first kappa shape index (κ1) is 27.5. The lowest BCUT2D eigenvalue weighted by molar-refractivity contribution is -0.163. The molecule has 0 aliphatic carbocycles. The van der Waals surface area contributed by atoms with Crippen molar-refractivity contribution in [2.75, 3.05) is 6.61 Å². The van der Waals surface area contributed by atoms with Crippen molar-refractivity contribution < 1.29 is 32.5 Å². The van der Waals surface area contributed by atoms with Crippen LogP contribution >= 0.6 is 0 Å². The predicted octanol–water partition coefficient (Wildman–Crippen LogP) is 7.49. The highest BCUT2D eigenvalue weighted by molar-refractivity contribution is 5.86. The van der Waals surface area contributed by atoms with Gasteiger partial charge in [0.1, 0.15) is 5.75 Å². The minimum absolute atomic E-state index is 0.0857. The summed E-state index contributed by atoms with van der Waals surface area (Å²) in [7, 11) is 0. The predicted molar refractivity (Wildman–Crippen MR) is 144 cm³/mol. The van der Waals surface area contributed by atoms with E-state index in [9.17, 15) is 23.1 Å². The summed E-state index contributed by atoms with van der Waals surface area (Å²) in [6, 6.07) is 18.5. The number of carboxylic acid groups (broad SMARTS) is 1. The topological polar surface area (TPSA) is 73.6 Å². The highest BCUT2D eigenvalue weighted by Crippen LogP contribution is 2.45. The summed E-state index contributed by atoms with van der Waals surface area (Å²) >= 11 is 0. The van der Waals surface area contributed by atoms with E-state index in [-0.39, 0.29) is 5.56 Å². The van der Waals surface area contributed by atoms with Gasteiger partial charge < -0.3 is 14.6 Å². The van der Waals surface area contributed by atoms with Crippen molar-refractivity contribution in [2.24, 2.45) is 0 Å². The fraction of sp³-hybridized carbons (Fsp3) is 0.290. The van der Waals surface area contributed by atoms with Crippen molar-refractivity contribution in [3.8, 4) is 33.8 Å². The standard InChI is InChI=1S/C31H29F3N2O4/c1-30(2,3)40-28(29(37)38)27-22(31(32,33)34)12-13-24(36-16-15-23(35-36)19-8-5-4-6-9-19)26(27)21-11-14-25-20(18-21)10-7-17-39-25/h4-6,8-9,11-16,18,28H,7,10,17H2,1-3H3,(H,37,38). The smallest absolute Gasteiger partial charge is 0.416 e. The molecule has 1 atom stereocenters. The quantitative estimate of drug-likeness (QED) is 0.269. The summed E-state index contributed by atoms with van der Waals surface area (Å²) in [5, 5.41) is 14.9. The normalized spacial score (nSPS) is 14.3. The molecule has 3 aromatic carbocycles. The highest BCUT2D eigenvalue weighted by Gasteiger charge is 2.41. The number of aryl methyl sites for hydroxylation is 1. The van der Waals surface area contributed by atoms with Gasteiger partial charge >= 0.3 is 12.1 Å². The van der Waals surface area contributed by atoms with E-state index in [2.05, 4.69) is 5.10 Å². The average Bonchev–Trinajstić information content (AvgIpc) is 3.40. The molecule has 0 radical (unpaired) electrons. The minimum atomic E-state index is -4.84. The maximum Gasteiger partial charge on any atom is 0.416 e. The zero-order valence-corrected chi connectivity index (χ0v) is 22.3. The summed E-state index contributed by atoms with van der Waals surface area (Å²) in [6.07, 6.45) is -3.63. The van der Waals surface area contributed by atoms with Crippen LogP contribution in [0.5, 0.6) is 5.75 Å². The van der Waals surface area contributed by atoms with Gasteiger partial charge in [-0.1, -0.05) is 36.4 Å². The summed E-state index contributed by atoms with van der Waals surface area (Å²) in [5.41, 5.74) is 0.497. The van der Waals surface area contributed by atoms with Crippen molar-refractivity contribution in [3.05, 3.63) is 89.6 Å². The second-order valence-electron chi connectivity index (χ2n) is 10.7. The molecule has 0 saturated heterocycles. The molecule has 1 N–H and O–H groups in total. The number of aliphatic carboxylic acids is 1. The van der Waals surface area contributed by atoms with Crippen LogP contribution in [0.4, 0.5) is 13.2 Å². The fourth-order valence-electron chi connectivity index (χ4n) is 4.95. The third-order valence-electron chi connectivity index (χ3n) is 6.59. The average molecular weight is 551 g/mol. The first-order valence-electron chi connectivity index (χ1n) is 12.9. The molecule has 0 amide bonds. The molecule has 0 fully saturated rings. The van der Waals surface area contributed by atoms with E-state index in [1.54, 1.807) is 51.2 Å². The molecule has 0 saturated carbocycles. The molecular weight excluding hydrogens is 521 g/mol. The number of aromatic nitrogens is 2. The van der Waals surface area contributed by atoms with Crippen LogP contribution in [0.2, 0.25) is 0 Å². The number of carboxylic acids is 1. The largest absolute Gasteiger partial charge is 0.493 e. The molecule has 1 unspecified atom stereocenters. The molecule has 6 nitrogen and oxygen atoms in total. The maximum atomic E-state index is 14.5. The number of benzene rings is 3. The monoisotopic (exact) mass is 550 g/mol.